The summed E-state index contributed by atoms with van der Waals surface area (Å²) in [4.78, 5) is 0. The van der Waals surface area contributed by atoms with Crippen LogP contribution in [0.1, 0.15) is 31.5 Å². The first-order chi connectivity index (χ1) is 5.74. The molecule has 1 aliphatic rings. The van der Waals surface area contributed by atoms with E-state index in [0.29, 0.717) is 0 Å². The van der Waals surface area contributed by atoms with Gasteiger partial charge >= 0.3 is 0 Å². The molecule has 0 aliphatic heterocycles. The molecular weight excluding hydrogens is 172 g/mol. The fourth-order valence-electron chi connectivity index (χ4n) is 1.08. The molecule has 3 nitrogen and oxygen atoms in total. The Morgan fingerprint density at radius 2 is 2.25 bits per heavy atom. The highest BCUT2D eigenvalue weighted by Crippen LogP contribution is 2.46. The first kappa shape index (κ1) is 8.10. The maximum Gasteiger partial charge on any atom is 0.226 e. The summed E-state index contributed by atoms with van der Waals surface area (Å²) in [6, 6.07) is 0. The predicted octanol–water partition coefficient (Wildman–Crippen LogP) is 1.98. The lowest BCUT2D eigenvalue weighted by atomic mass is 10.1. The molecule has 2 rings (SSSR count). The summed E-state index contributed by atoms with van der Waals surface area (Å²) in [7, 11) is 0. The van der Waals surface area contributed by atoms with E-state index in [4.69, 9.17) is 4.42 Å². The highest BCUT2D eigenvalue weighted by atomic mass is 32.2. The standard InChI is InChI=1S/C8H12N2OS/c1-8(3-4-8)7-10-9-6(11-7)5-12-2/h3-5H2,1-2H3. The topological polar surface area (TPSA) is 38.9 Å². The average Bonchev–Trinajstić information content (AvgIpc) is 2.64. The van der Waals surface area contributed by atoms with Crippen LogP contribution in [0.25, 0.3) is 0 Å². The Labute approximate surface area is 75.9 Å². The Hall–Kier alpha value is -0.510. The molecule has 0 unspecified atom stereocenters. The molecule has 0 amide bonds. The van der Waals surface area contributed by atoms with Crippen molar-refractivity contribution in [3.63, 3.8) is 0 Å². The molecule has 1 heterocycles. The summed E-state index contributed by atoms with van der Waals surface area (Å²) >= 11 is 1.70. The fraction of sp³-hybridized carbons (Fsp3) is 0.750. The SMILES string of the molecule is CSCc1nnc(C2(C)CC2)o1. The fourth-order valence-corrected chi connectivity index (χ4v) is 1.44. The Kier molecular flexibility index (Phi) is 1.87. The second-order valence-corrected chi connectivity index (χ2v) is 4.36. The lowest BCUT2D eigenvalue weighted by molar-refractivity contribution is 0.427. The Morgan fingerprint density at radius 3 is 2.83 bits per heavy atom. The van der Waals surface area contributed by atoms with Crippen LogP contribution in [0.5, 0.6) is 0 Å². The van der Waals surface area contributed by atoms with Crippen molar-refractivity contribution in [1.29, 1.82) is 0 Å². The van der Waals surface area contributed by atoms with Crippen molar-refractivity contribution in [2.45, 2.75) is 30.9 Å². The van der Waals surface area contributed by atoms with Gasteiger partial charge < -0.3 is 4.42 Å². The average molecular weight is 184 g/mol. The highest BCUT2D eigenvalue weighted by molar-refractivity contribution is 7.97. The molecule has 0 radical (unpaired) electrons. The van der Waals surface area contributed by atoms with E-state index < -0.39 is 0 Å². The first-order valence-corrected chi connectivity index (χ1v) is 5.46. The van der Waals surface area contributed by atoms with E-state index in [1.165, 1.54) is 12.8 Å². The number of hydrogen-bond donors (Lipinski definition) is 0. The van der Waals surface area contributed by atoms with Crippen molar-refractivity contribution in [1.82, 2.24) is 10.2 Å². The van der Waals surface area contributed by atoms with Gasteiger partial charge in [-0.15, -0.1) is 10.2 Å². The third kappa shape index (κ3) is 1.35. The van der Waals surface area contributed by atoms with Gasteiger partial charge in [-0.1, -0.05) is 6.92 Å². The molecule has 1 aliphatic carbocycles. The molecule has 66 valence electrons. The van der Waals surface area contributed by atoms with Crippen LogP contribution in [0.15, 0.2) is 4.42 Å². The van der Waals surface area contributed by atoms with Gasteiger partial charge in [-0.05, 0) is 19.1 Å². The van der Waals surface area contributed by atoms with Crippen molar-refractivity contribution in [2.75, 3.05) is 6.26 Å². The minimum absolute atomic E-state index is 0.212. The van der Waals surface area contributed by atoms with Gasteiger partial charge in [0.05, 0.1) is 5.75 Å². The lowest BCUT2D eigenvalue weighted by Crippen LogP contribution is -1.99. The number of hydrogen-bond acceptors (Lipinski definition) is 4. The summed E-state index contributed by atoms with van der Waals surface area (Å²) < 4.78 is 5.51. The predicted molar refractivity (Wildman–Crippen MR) is 48.1 cm³/mol. The van der Waals surface area contributed by atoms with Crippen molar-refractivity contribution in [3.05, 3.63) is 11.8 Å². The van der Waals surface area contributed by atoms with Crippen LogP contribution >= 0.6 is 11.8 Å². The number of aromatic nitrogens is 2. The molecular formula is C8H12N2OS. The van der Waals surface area contributed by atoms with Crippen LogP contribution < -0.4 is 0 Å². The second-order valence-electron chi connectivity index (χ2n) is 3.49. The van der Waals surface area contributed by atoms with Gasteiger partial charge in [0.1, 0.15) is 0 Å². The monoisotopic (exact) mass is 184 g/mol. The number of thioether (sulfide) groups is 1. The van der Waals surface area contributed by atoms with Crippen LogP contribution in [-0.2, 0) is 11.2 Å². The molecule has 0 bridgehead atoms. The third-order valence-corrected chi connectivity index (χ3v) is 2.79. The molecule has 1 aromatic heterocycles. The van der Waals surface area contributed by atoms with Crippen molar-refractivity contribution < 1.29 is 4.42 Å². The zero-order chi connectivity index (χ0) is 8.60. The zero-order valence-corrected chi connectivity index (χ0v) is 8.15. The summed E-state index contributed by atoms with van der Waals surface area (Å²) in [5, 5.41) is 8.01. The van der Waals surface area contributed by atoms with E-state index in [0.717, 1.165) is 17.5 Å². The van der Waals surface area contributed by atoms with Gasteiger partial charge in [-0.3, -0.25) is 0 Å². The molecule has 1 fully saturated rings. The highest BCUT2D eigenvalue weighted by Gasteiger charge is 2.44. The van der Waals surface area contributed by atoms with Crippen molar-refractivity contribution >= 4 is 11.8 Å². The zero-order valence-electron chi connectivity index (χ0n) is 7.33. The molecule has 1 saturated carbocycles. The van der Waals surface area contributed by atoms with E-state index in [1.807, 2.05) is 6.26 Å². The molecule has 0 atom stereocenters. The Balaban J connectivity index is 2.13. The van der Waals surface area contributed by atoms with Crippen molar-refractivity contribution in [2.24, 2.45) is 0 Å². The summed E-state index contributed by atoms with van der Waals surface area (Å²) in [5.74, 6) is 2.40. The van der Waals surface area contributed by atoms with Gasteiger partial charge in [-0.2, -0.15) is 11.8 Å². The van der Waals surface area contributed by atoms with E-state index in [2.05, 4.69) is 17.1 Å². The largest absolute Gasteiger partial charge is 0.424 e. The molecule has 0 N–H and O–H groups in total. The van der Waals surface area contributed by atoms with Crippen LogP contribution in [0.3, 0.4) is 0 Å². The molecule has 0 saturated heterocycles. The second kappa shape index (κ2) is 2.76. The normalized spacial score (nSPS) is 19.5. The summed E-state index contributed by atoms with van der Waals surface area (Å²) in [6.07, 6.45) is 4.41. The molecule has 0 spiro atoms. The van der Waals surface area contributed by atoms with E-state index >= 15 is 0 Å². The quantitative estimate of drug-likeness (QED) is 0.720. The minimum Gasteiger partial charge on any atom is -0.424 e. The van der Waals surface area contributed by atoms with E-state index in [-0.39, 0.29) is 5.41 Å². The minimum atomic E-state index is 0.212. The van der Waals surface area contributed by atoms with Gasteiger partial charge in [0.15, 0.2) is 0 Å². The third-order valence-electron chi connectivity index (χ3n) is 2.25. The maximum absolute atomic E-state index is 5.51. The molecule has 1 aromatic rings. The first-order valence-electron chi connectivity index (χ1n) is 4.06. The van der Waals surface area contributed by atoms with Crippen LogP contribution in [0, 0.1) is 0 Å². The number of rotatable bonds is 3. The lowest BCUT2D eigenvalue weighted by Gasteiger charge is -1.97. The Bertz CT molecular complexity index is 280. The van der Waals surface area contributed by atoms with Gasteiger partial charge in [0, 0.05) is 5.41 Å². The van der Waals surface area contributed by atoms with Gasteiger partial charge in [0.25, 0.3) is 0 Å². The van der Waals surface area contributed by atoms with Gasteiger partial charge in [0.2, 0.25) is 11.8 Å². The van der Waals surface area contributed by atoms with Crippen LogP contribution in [0.2, 0.25) is 0 Å². The van der Waals surface area contributed by atoms with Crippen molar-refractivity contribution in [3.8, 4) is 0 Å². The van der Waals surface area contributed by atoms with Crippen LogP contribution in [0.4, 0.5) is 0 Å². The van der Waals surface area contributed by atoms with Crippen LogP contribution in [-0.4, -0.2) is 16.5 Å². The smallest absolute Gasteiger partial charge is 0.226 e. The van der Waals surface area contributed by atoms with Gasteiger partial charge in [-0.25, -0.2) is 0 Å². The molecule has 0 aromatic carbocycles. The molecule has 12 heavy (non-hydrogen) atoms. The van der Waals surface area contributed by atoms with E-state index in [1.54, 1.807) is 11.8 Å². The summed E-state index contributed by atoms with van der Waals surface area (Å²) in [6.45, 7) is 2.17. The number of nitrogens with zero attached hydrogens (tertiary/aromatic N) is 2. The maximum atomic E-state index is 5.51. The molecule has 4 heteroatoms. The Morgan fingerprint density at radius 1 is 1.50 bits per heavy atom. The summed E-state index contributed by atoms with van der Waals surface area (Å²) in [5.41, 5.74) is 0.212. The van der Waals surface area contributed by atoms with E-state index in [9.17, 15) is 0 Å².